The van der Waals surface area contributed by atoms with Crippen LogP contribution in [0.2, 0.25) is 0 Å². The maximum atomic E-state index is 12.5. The van der Waals surface area contributed by atoms with Gasteiger partial charge in [-0.2, -0.15) is 0 Å². The summed E-state index contributed by atoms with van der Waals surface area (Å²) in [7, 11) is 0. The number of primary amides is 1. The maximum Gasteiger partial charge on any atom is 0.326 e. The van der Waals surface area contributed by atoms with Gasteiger partial charge in [-0.3, -0.25) is 24.0 Å². The molecule has 0 aromatic carbocycles. The molecule has 0 aliphatic carbocycles. The zero-order chi connectivity index (χ0) is 25.0. The predicted octanol–water partition coefficient (Wildman–Crippen LogP) is -4.64. The van der Waals surface area contributed by atoms with Crippen LogP contribution in [0.15, 0.2) is 0 Å². The number of amides is 4. The molecule has 5 atom stereocenters. The van der Waals surface area contributed by atoms with Crippen LogP contribution in [0.5, 0.6) is 0 Å². The number of hydrogen-bond donors (Lipinski definition) is 9. The molecule has 11 N–H and O–H groups in total. The zero-order valence-electron chi connectivity index (χ0n) is 17.3. The van der Waals surface area contributed by atoms with Gasteiger partial charge in [-0.05, 0) is 19.8 Å². The molecule has 32 heavy (non-hydrogen) atoms. The first kappa shape index (κ1) is 28.7. The van der Waals surface area contributed by atoms with E-state index in [9.17, 15) is 39.0 Å². The average molecular weight is 463 g/mol. The van der Waals surface area contributed by atoms with E-state index in [0.29, 0.717) is 0 Å². The van der Waals surface area contributed by atoms with E-state index in [2.05, 4.69) is 16.0 Å². The zero-order valence-corrected chi connectivity index (χ0v) is 17.3. The SMILES string of the molecule is CC(O)C(NC(=O)C(N)CO)C(=O)NC(CCC(N)=O)C(=O)NC(CCC(=O)O)C(=O)O. The van der Waals surface area contributed by atoms with Gasteiger partial charge < -0.3 is 47.8 Å². The van der Waals surface area contributed by atoms with E-state index in [0.717, 1.165) is 6.92 Å². The Balaban J connectivity index is 5.48. The highest BCUT2D eigenvalue weighted by molar-refractivity contribution is 5.94. The van der Waals surface area contributed by atoms with Crippen molar-refractivity contribution in [3.05, 3.63) is 0 Å². The summed E-state index contributed by atoms with van der Waals surface area (Å²) in [6, 6.07) is -6.09. The summed E-state index contributed by atoms with van der Waals surface area (Å²) in [5, 5.41) is 42.9. The molecule has 0 aromatic heterocycles. The summed E-state index contributed by atoms with van der Waals surface area (Å²) in [5.41, 5.74) is 10.4. The summed E-state index contributed by atoms with van der Waals surface area (Å²) in [6.07, 6.45) is -3.21. The number of hydrogen-bond acceptors (Lipinski definition) is 9. The lowest BCUT2D eigenvalue weighted by molar-refractivity contribution is -0.143. The molecule has 15 heteroatoms. The maximum absolute atomic E-state index is 12.5. The Morgan fingerprint density at radius 3 is 1.81 bits per heavy atom. The van der Waals surface area contributed by atoms with Crippen molar-refractivity contribution in [3.8, 4) is 0 Å². The summed E-state index contributed by atoms with van der Waals surface area (Å²) in [5.74, 6) is -6.73. The number of carbonyl (C=O) groups is 6. The van der Waals surface area contributed by atoms with Crippen molar-refractivity contribution < 1.29 is 49.2 Å². The summed E-state index contributed by atoms with van der Waals surface area (Å²) in [4.78, 5) is 70.0. The van der Waals surface area contributed by atoms with Crippen LogP contribution in [0.3, 0.4) is 0 Å². The van der Waals surface area contributed by atoms with Gasteiger partial charge in [-0.25, -0.2) is 4.79 Å². The number of aliphatic hydroxyl groups excluding tert-OH is 2. The van der Waals surface area contributed by atoms with E-state index in [1.54, 1.807) is 0 Å². The smallest absolute Gasteiger partial charge is 0.326 e. The fourth-order valence-electron chi connectivity index (χ4n) is 2.36. The molecule has 4 amide bonds. The Morgan fingerprint density at radius 2 is 1.38 bits per heavy atom. The van der Waals surface area contributed by atoms with Crippen LogP contribution in [0, 0.1) is 0 Å². The lowest BCUT2D eigenvalue weighted by Crippen LogP contribution is -2.60. The molecule has 0 fully saturated rings. The quantitative estimate of drug-likeness (QED) is 0.111. The third-order valence-corrected chi connectivity index (χ3v) is 4.17. The highest BCUT2D eigenvalue weighted by Gasteiger charge is 2.32. The fourth-order valence-corrected chi connectivity index (χ4v) is 2.36. The molecule has 0 aliphatic heterocycles. The Labute approximate surface area is 182 Å². The molecule has 0 heterocycles. The van der Waals surface area contributed by atoms with Crippen molar-refractivity contribution in [2.75, 3.05) is 6.61 Å². The Hall–Kier alpha value is -3.30. The van der Waals surface area contributed by atoms with Gasteiger partial charge in [-0.1, -0.05) is 0 Å². The van der Waals surface area contributed by atoms with Crippen LogP contribution in [0.25, 0.3) is 0 Å². The topological polar surface area (TPSA) is 271 Å². The Morgan fingerprint density at radius 1 is 0.844 bits per heavy atom. The molecule has 5 unspecified atom stereocenters. The molecule has 0 radical (unpaired) electrons. The van der Waals surface area contributed by atoms with Crippen molar-refractivity contribution in [2.45, 2.75) is 62.9 Å². The summed E-state index contributed by atoms with van der Waals surface area (Å²) < 4.78 is 0. The first-order chi connectivity index (χ1) is 14.8. The number of carboxylic acids is 2. The van der Waals surface area contributed by atoms with E-state index in [-0.39, 0.29) is 12.8 Å². The van der Waals surface area contributed by atoms with Crippen LogP contribution in [-0.2, 0) is 28.8 Å². The number of nitrogens with two attached hydrogens (primary N) is 2. The normalized spacial score (nSPS) is 15.4. The number of aliphatic hydroxyl groups is 2. The largest absolute Gasteiger partial charge is 0.481 e. The van der Waals surface area contributed by atoms with Crippen LogP contribution in [-0.4, -0.2) is 92.9 Å². The van der Waals surface area contributed by atoms with Gasteiger partial charge in [0.25, 0.3) is 0 Å². The minimum Gasteiger partial charge on any atom is -0.481 e. The molecule has 0 saturated carbocycles. The first-order valence-corrected chi connectivity index (χ1v) is 9.48. The second-order valence-corrected chi connectivity index (χ2v) is 6.91. The van der Waals surface area contributed by atoms with Crippen molar-refractivity contribution in [2.24, 2.45) is 11.5 Å². The van der Waals surface area contributed by atoms with Gasteiger partial charge in [0.1, 0.15) is 24.2 Å². The van der Waals surface area contributed by atoms with E-state index in [4.69, 9.17) is 21.7 Å². The highest BCUT2D eigenvalue weighted by Crippen LogP contribution is 2.04. The summed E-state index contributed by atoms with van der Waals surface area (Å²) in [6.45, 7) is 0.413. The molecular formula is C17H29N5O10. The predicted molar refractivity (Wildman–Crippen MR) is 105 cm³/mol. The van der Waals surface area contributed by atoms with Crippen LogP contribution >= 0.6 is 0 Å². The number of carboxylic acid groups (broad SMARTS) is 2. The van der Waals surface area contributed by atoms with Gasteiger partial charge in [0, 0.05) is 12.8 Å². The average Bonchev–Trinajstić information content (AvgIpc) is 2.70. The third-order valence-electron chi connectivity index (χ3n) is 4.17. The number of carbonyl (C=O) groups excluding carboxylic acids is 4. The van der Waals surface area contributed by atoms with E-state index in [1.165, 1.54) is 0 Å². The van der Waals surface area contributed by atoms with E-state index in [1.807, 2.05) is 0 Å². The second-order valence-electron chi connectivity index (χ2n) is 6.91. The van der Waals surface area contributed by atoms with Crippen molar-refractivity contribution in [3.63, 3.8) is 0 Å². The van der Waals surface area contributed by atoms with Crippen LogP contribution < -0.4 is 27.4 Å². The lowest BCUT2D eigenvalue weighted by Gasteiger charge is -2.26. The molecule has 182 valence electrons. The number of nitrogens with one attached hydrogen (secondary N) is 3. The first-order valence-electron chi connectivity index (χ1n) is 9.48. The molecule has 0 aliphatic rings. The molecule has 0 spiro atoms. The lowest BCUT2D eigenvalue weighted by atomic mass is 10.1. The standard InChI is InChI=1S/C17H29N5O10/c1-7(24)13(22-14(28)8(18)6-23)16(30)20-9(2-4-11(19)25)15(29)21-10(17(31)32)3-5-12(26)27/h7-10,13,23-24H,2-6,18H2,1H3,(H2,19,25)(H,20,30)(H,21,29)(H,22,28)(H,26,27)(H,31,32). The van der Waals surface area contributed by atoms with Gasteiger partial charge in [0.2, 0.25) is 23.6 Å². The molecule has 0 aromatic rings. The number of aliphatic carboxylic acids is 2. The van der Waals surface area contributed by atoms with E-state index < -0.39 is 85.3 Å². The second kappa shape index (κ2) is 13.9. The Bertz CT molecular complexity index is 714. The van der Waals surface area contributed by atoms with Crippen molar-refractivity contribution >= 4 is 35.6 Å². The molecule has 0 bridgehead atoms. The molecular weight excluding hydrogens is 434 g/mol. The van der Waals surface area contributed by atoms with Crippen LogP contribution in [0.4, 0.5) is 0 Å². The summed E-state index contributed by atoms with van der Waals surface area (Å²) >= 11 is 0. The monoisotopic (exact) mass is 463 g/mol. The third kappa shape index (κ3) is 10.6. The van der Waals surface area contributed by atoms with Gasteiger partial charge in [0.15, 0.2) is 0 Å². The van der Waals surface area contributed by atoms with Crippen LogP contribution in [0.1, 0.15) is 32.6 Å². The minimum absolute atomic E-state index is 0.352. The van der Waals surface area contributed by atoms with Gasteiger partial charge >= 0.3 is 11.9 Å². The fraction of sp³-hybridized carbons (Fsp3) is 0.647. The molecule has 0 rings (SSSR count). The number of rotatable bonds is 15. The highest BCUT2D eigenvalue weighted by atomic mass is 16.4. The van der Waals surface area contributed by atoms with Crippen molar-refractivity contribution in [1.82, 2.24) is 16.0 Å². The Kier molecular flexibility index (Phi) is 12.5. The van der Waals surface area contributed by atoms with Gasteiger partial charge in [-0.15, -0.1) is 0 Å². The molecule has 0 saturated heterocycles. The van der Waals surface area contributed by atoms with E-state index >= 15 is 0 Å². The van der Waals surface area contributed by atoms with Gasteiger partial charge in [0.05, 0.1) is 12.7 Å². The minimum atomic E-state index is -1.61. The van der Waals surface area contributed by atoms with Crippen molar-refractivity contribution in [1.29, 1.82) is 0 Å². The molecule has 15 nitrogen and oxygen atoms in total.